The molecule has 1 aromatic heterocycles. The number of amides is 2. The van der Waals surface area contributed by atoms with Crippen LogP contribution in [0.3, 0.4) is 0 Å². The Balaban J connectivity index is 1.71. The highest BCUT2D eigenvalue weighted by Gasteiger charge is 2.70. The Hall–Kier alpha value is -3.45. The Morgan fingerprint density at radius 3 is 2.41 bits per heavy atom. The largest absolute Gasteiger partial charge is 0.468 e. The maximum Gasteiger partial charge on any atom is 0.327 e. The van der Waals surface area contributed by atoms with Gasteiger partial charge in [-0.2, -0.15) is 0 Å². The molecule has 7 heteroatoms. The number of nitrogens with one attached hydrogen (secondary N) is 2. The summed E-state index contributed by atoms with van der Waals surface area (Å²) in [4.78, 5) is 45.2. The molecule has 2 amide bonds. The predicted octanol–water partition coefficient (Wildman–Crippen LogP) is 3.19. The Morgan fingerprint density at radius 2 is 1.72 bits per heavy atom. The summed E-state index contributed by atoms with van der Waals surface area (Å²) in [6, 6.07) is 16.1. The zero-order chi connectivity index (χ0) is 22.6. The molecule has 3 heterocycles. The second-order valence-corrected chi connectivity index (χ2v) is 8.78. The van der Waals surface area contributed by atoms with E-state index in [4.69, 9.17) is 4.74 Å². The van der Waals surface area contributed by atoms with Crippen LogP contribution in [-0.2, 0) is 19.1 Å². The number of nitrogens with zero attached hydrogens (tertiary/aromatic N) is 1. The van der Waals surface area contributed by atoms with Gasteiger partial charge in [0.2, 0.25) is 11.8 Å². The van der Waals surface area contributed by atoms with Gasteiger partial charge in [0.1, 0.15) is 5.54 Å². The van der Waals surface area contributed by atoms with E-state index in [1.54, 1.807) is 24.3 Å². The summed E-state index contributed by atoms with van der Waals surface area (Å²) in [6.07, 6.45) is 1.86. The minimum Gasteiger partial charge on any atom is -0.468 e. The third kappa shape index (κ3) is 2.61. The summed E-state index contributed by atoms with van der Waals surface area (Å²) in [6.45, 7) is 3.75. The van der Waals surface area contributed by atoms with Crippen molar-refractivity contribution in [2.45, 2.75) is 25.4 Å². The molecule has 164 valence electrons. The predicted molar refractivity (Wildman–Crippen MR) is 120 cm³/mol. The van der Waals surface area contributed by atoms with Crippen LogP contribution in [0.4, 0.5) is 5.69 Å². The molecule has 0 bridgehead atoms. The van der Waals surface area contributed by atoms with Gasteiger partial charge in [0.15, 0.2) is 0 Å². The smallest absolute Gasteiger partial charge is 0.327 e. The third-order valence-corrected chi connectivity index (χ3v) is 7.00. The lowest BCUT2D eigenvalue weighted by molar-refractivity contribution is -0.154. The lowest BCUT2D eigenvalue weighted by Crippen LogP contribution is -2.59. The number of carbonyl (C=O) groups is 3. The molecule has 2 aliphatic rings. The molecule has 0 radical (unpaired) electrons. The summed E-state index contributed by atoms with van der Waals surface area (Å²) in [5.74, 6) is -3.10. The van der Waals surface area contributed by atoms with E-state index >= 15 is 0 Å². The molecule has 3 aromatic rings. The number of aromatic amines is 1. The average molecular weight is 431 g/mol. The van der Waals surface area contributed by atoms with E-state index in [9.17, 15) is 14.4 Å². The lowest BCUT2D eigenvalue weighted by atomic mass is 9.73. The molecule has 2 aromatic carbocycles. The first kappa shape index (κ1) is 20.5. The number of hydrogen-bond acceptors (Lipinski definition) is 5. The molecule has 0 aliphatic carbocycles. The monoisotopic (exact) mass is 431 g/mol. The van der Waals surface area contributed by atoms with Crippen LogP contribution in [0.1, 0.15) is 25.5 Å². The lowest BCUT2D eigenvalue weighted by Gasteiger charge is -2.35. The van der Waals surface area contributed by atoms with Crippen molar-refractivity contribution in [1.29, 1.82) is 0 Å². The van der Waals surface area contributed by atoms with Crippen LogP contribution >= 0.6 is 0 Å². The molecule has 5 rings (SSSR count). The first-order valence-electron chi connectivity index (χ1n) is 10.8. The second kappa shape index (κ2) is 7.31. The fourth-order valence-electron chi connectivity index (χ4n) is 5.51. The van der Waals surface area contributed by atoms with Crippen molar-refractivity contribution in [1.82, 2.24) is 10.3 Å². The molecule has 2 N–H and O–H groups in total. The molecule has 2 fully saturated rings. The van der Waals surface area contributed by atoms with Crippen molar-refractivity contribution in [2.24, 2.45) is 17.8 Å². The van der Waals surface area contributed by atoms with Crippen LogP contribution in [0.2, 0.25) is 0 Å². The normalized spacial score (nSPS) is 27.4. The first-order chi connectivity index (χ1) is 15.4. The fraction of sp³-hybridized carbons (Fsp3) is 0.320. The van der Waals surface area contributed by atoms with Crippen LogP contribution in [0.5, 0.6) is 0 Å². The summed E-state index contributed by atoms with van der Waals surface area (Å²) in [7, 11) is 1.32. The number of hydrogen-bond donors (Lipinski definition) is 2. The Kier molecular flexibility index (Phi) is 4.67. The number of fused-ring (bicyclic) bond motifs is 2. The highest BCUT2D eigenvalue weighted by molar-refractivity contribution is 6.24. The van der Waals surface area contributed by atoms with Gasteiger partial charge in [0.25, 0.3) is 0 Å². The number of carbonyl (C=O) groups excluding carboxylic acids is 3. The first-order valence-corrected chi connectivity index (χ1v) is 10.8. The van der Waals surface area contributed by atoms with Gasteiger partial charge in [0.05, 0.1) is 24.6 Å². The summed E-state index contributed by atoms with van der Waals surface area (Å²) in [5, 5.41) is 4.37. The van der Waals surface area contributed by atoms with Gasteiger partial charge >= 0.3 is 5.97 Å². The van der Waals surface area contributed by atoms with Crippen LogP contribution in [0, 0.1) is 17.8 Å². The topological polar surface area (TPSA) is 91.5 Å². The zero-order valence-corrected chi connectivity index (χ0v) is 18.2. The number of anilines is 1. The van der Waals surface area contributed by atoms with Gasteiger partial charge in [-0.3, -0.25) is 19.7 Å². The van der Waals surface area contributed by atoms with Crippen molar-refractivity contribution < 1.29 is 19.1 Å². The molecule has 0 saturated carbocycles. The highest BCUT2D eigenvalue weighted by Crippen LogP contribution is 2.53. The van der Waals surface area contributed by atoms with E-state index in [1.807, 2.05) is 50.4 Å². The van der Waals surface area contributed by atoms with Crippen molar-refractivity contribution >= 4 is 34.4 Å². The number of methoxy groups -OCH3 is 1. The maximum absolute atomic E-state index is 13.8. The SMILES string of the molecule is COC(=O)[C@]1(C(C)C)N[C@@H](c2c[nH]c3ccccc23)[C@@H]2C(=O)N(c3ccccc3)C(=O)[C@@H]21. The van der Waals surface area contributed by atoms with Crippen molar-refractivity contribution in [3.8, 4) is 0 Å². The van der Waals surface area contributed by atoms with E-state index in [1.165, 1.54) is 12.0 Å². The zero-order valence-electron chi connectivity index (χ0n) is 18.2. The quantitative estimate of drug-likeness (QED) is 0.489. The number of imide groups is 1. The summed E-state index contributed by atoms with van der Waals surface area (Å²) >= 11 is 0. The number of benzene rings is 2. The Labute approximate surface area is 185 Å². The number of H-pyrrole nitrogens is 1. The Morgan fingerprint density at radius 1 is 1.03 bits per heavy atom. The van der Waals surface area contributed by atoms with E-state index in [2.05, 4.69) is 10.3 Å². The fourth-order valence-corrected chi connectivity index (χ4v) is 5.51. The minimum absolute atomic E-state index is 0.287. The van der Waals surface area contributed by atoms with Crippen LogP contribution < -0.4 is 10.2 Å². The molecule has 0 unspecified atom stereocenters. The number of para-hydroxylation sites is 2. The van der Waals surface area contributed by atoms with Gasteiger partial charge in [0, 0.05) is 23.1 Å². The van der Waals surface area contributed by atoms with Gasteiger partial charge < -0.3 is 9.72 Å². The van der Waals surface area contributed by atoms with Crippen LogP contribution in [-0.4, -0.2) is 35.4 Å². The van der Waals surface area contributed by atoms with E-state index in [0.29, 0.717) is 5.69 Å². The van der Waals surface area contributed by atoms with Gasteiger partial charge in [-0.1, -0.05) is 50.2 Å². The van der Waals surface area contributed by atoms with Crippen molar-refractivity contribution in [2.75, 3.05) is 12.0 Å². The summed E-state index contributed by atoms with van der Waals surface area (Å²) in [5.41, 5.74) is 0.978. The van der Waals surface area contributed by atoms with Crippen LogP contribution in [0.25, 0.3) is 10.9 Å². The minimum atomic E-state index is -1.32. The van der Waals surface area contributed by atoms with E-state index in [-0.39, 0.29) is 17.7 Å². The number of esters is 1. The average Bonchev–Trinajstić information content (AvgIpc) is 3.46. The molecular formula is C25H25N3O4. The standard InChI is InChI=1S/C25H25N3O4/c1-14(2)25(24(31)32-3)20-19(22(29)28(23(20)30)15-9-5-4-6-10-15)21(27-25)17-13-26-18-12-8-7-11-16(17)18/h4-14,19-21,26-27H,1-3H3/t19-,20-,21+,25-/m1/s1. The number of ether oxygens (including phenoxy) is 1. The maximum atomic E-state index is 13.8. The van der Waals surface area contributed by atoms with Crippen molar-refractivity contribution in [3.05, 3.63) is 66.4 Å². The molecule has 4 atom stereocenters. The number of rotatable bonds is 4. The molecule has 0 spiro atoms. The molecule has 2 saturated heterocycles. The van der Waals surface area contributed by atoms with Crippen LogP contribution in [0.15, 0.2) is 60.8 Å². The third-order valence-electron chi connectivity index (χ3n) is 7.00. The van der Waals surface area contributed by atoms with Gasteiger partial charge in [-0.15, -0.1) is 0 Å². The van der Waals surface area contributed by atoms with E-state index in [0.717, 1.165) is 16.5 Å². The second-order valence-electron chi connectivity index (χ2n) is 8.78. The Bertz CT molecular complexity index is 1220. The van der Waals surface area contributed by atoms with Gasteiger partial charge in [-0.25, -0.2) is 4.90 Å². The molecule has 32 heavy (non-hydrogen) atoms. The molecule has 2 aliphatic heterocycles. The molecular weight excluding hydrogens is 406 g/mol. The van der Waals surface area contributed by atoms with Gasteiger partial charge in [-0.05, 0) is 29.7 Å². The molecule has 7 nitrogen and oxygen atoms in total. The van der Waals surface area contributed by atoms with E-state index < -0.39 is 29.4 Å². The van der Waals surface area contributed by atoms with Crippen molar-refractivity contribution in [3.63, 3.8) is 0 Å². The number of aromatic nitrogens is 1. The highest BCUT2D eigenvalue weighted by atomic mass is 16.5. The summed E-state index contributed by atoms with van der Waals surface area (Å²) < 4.78 is 5.19.